The van der Waals surface area contributed by atoms with E-state index in [1.54, 1.807) is 11.6 Å². The van der Waals surface area contributed by atoms with Crippen molar-refractivity contribution < 1.29 is 22.8 Å². The van der Waals surface area contributed by atoms with Crippen LogP contribution < -0.4 is 10.2 Å². The highest BCUT2D eigenvalue weighted by atomic mass is 32.2. The summed E-state index contributed by atoms with van der Waals surface area (Å²) in [5.74, 6) is -0.744. The van der Waals surface area contributed by atoms with E-state index in [0.29, 0.717) is 11.4 Å². The van der Waals surface area contributed by atoms with Crippen molar-refractivity contribution in [2.24, 2.45) is 0 Å². The molecule has 0 saturated carbocycles. The van der Waals surface area contributed by atoms with Gasteiger partial charge in [-0.05, 0) is 37.3 Å². The summed E-state index contributed by atoms with van der Waals surface area (Å²) in [5.41, 5.74) is 1.08. The molecule has 2 heterocycles. The number of amides is 2. The smallest absolute Gasteiger partial charge is 0.325 e. The second-order valence-electron chi connectivity index (χ2n) is 6.88. The van der Waals surface area contributed by atoms with Crippen LogP contribution in [0.5, 0.6) is 0 Å². The SMILES string of the molecule is Cc1nn(-c2ccccc2)c2c1N(CC(=O)Nc1cccc(C(F)(F)F)c1)C(=O)CS2. The van der Waals surface area contributed by atoms with E-state index in [2.05, 4.69) is 10.4 Å². The van der Waals surface area contributed by atoms with Gasteiger partial charge in [0.2, 0.25) is 11.8 Å². The maximum atomic E-state index is 12.9. The molecular formula is C21H17F3N4O2S. The van der Waals surface area contributed by atoms with Crippen molar-refractivity contribution in [3.8, 4) is 5.69 Å². The average molecular weight is 446 g/mol. The molecule has 0 fully saturated rings. The molecule has 0 radical (unpaired) electrons. The van der Waals surface area contributed by atoms with Crippen LogP contribution in [0.15, 0.2) is 59.6 Å². The van der Waals surface area contributed by atoms with Gasteiger partial charge in [-0.15, -0.1) is 0 Å². The molecule has 2 amide bonds. The van der Waals surface area contributed by atoms with E-state index >= 15 is 0 Å². The van der Waals surface area contributed by atoms with Crippen LogP contribution in [0, 0.1) is 6.92 Å². The number of hydrogen-bond acceptors (Lipinski definition) is 4. The first kappa shape index (κ1) is 21.0. The van der Waals surface area contributed by atoms with E-state index in [4.69, 9.17) is 0 Å². The molecule has 0 saturated heterocycles. The zero-order valence-electron chi connectivity index (χ0n) is 16.3. The van der Waals surface area contributed by atoms with Gasteiger partial charge in [0.1, 0.15) is 11.6 Å². The summed E-state index contributed by atoms with van der Waals surface area (Å²) in [6.07, 6.45) is -4.52. The zero-order valence-corrected chi connectivity index (χ0v) is 17.1. The molecule has 1 aromatic heterocycles. The molecule has 10 heteroatoms. The summed E-state index contributed by atoms with van der Waals surface area (Å²) in [7, 11) is 0. The van der Waals surface area contributed by atoms with Crippen LogP contribution in [-0.2, 0) is 15.8 Å². The Labute approximate surface area is 180 Å². The Morgan fingerprint density at radius 1 is 1.16 bits per heavy atom. The lowest BCUT2D eigenvalue weighted by Crippen LogP contribution is -2.41. The first-order chi connectivity index (χ1) is 14.7. The Hall–Kier alpha value is -3.27. The number of para-hydroxylation sites is 1. The largest absolute Gasteiger partial charge is 0.416 e. The Morgan fingerprint density at radius 3 is 2.61 bits per heavy atom. The zero-order chi connectivity index (χ0) is 22.2. The number of halogens is 3. The van der Waals surface area contributed by atoms with Crippen molar-refractivity contribution in [3.05, 3.63) is 65.9 Å². The summed E-state index contributed by atoms with van der Waals surface area (Å²) >= 11 is 1.33. The van der Waals surface area contributed by atoms with E-state index < -0.39 is 17.6 Å². The molecule has 1 aliphatic heterocycles. The van der Waals surface area contributed by atoms with Crippen LogP contribution in [0.25, 0.3) is 5.69 Å². The first-order valence-electron chi connectivity index (χ1n) is 9.29. The van der Waals surface area contributed by atoms with Gasteiger partial charge in [-0.3, -0.25) is 14.5 Å². The van der Waals surface area contributed by atoms with Gasteiger partial charge >= 0.3 is 6.18 Å². The van der Waals surface area contributed by atoms with Crippen molar-refractivity contribution in [1.29, 1.82) is 0 Å². The summed E-state index contributed by atoms with van der Waals surface area (Å²) in [6.45, 7) is 1.42. The molecular weight excluding hydrogens is 429 g/mol. The molecule has 1 N–H and O–H groups in total. The van der Waals surface area contributed by atoms with Crippen molar-refractivity contribution >= 4 is 35.0 Å². The van der Waals surface area contributed by atoms with Gasteiger partial charge in [0.25, 0.3) is 0 Å². The Kier molecular flexibility index (Phi) is 5.48. The quantitative estimate of drug-likeness (QED) is 0.650. The number of nitrogens with zero attached hydrogens (tertiary/aromatic N) is 3. The number of aromatic nitrogens is 2. The number of rotatable bonds is 4. The first-order valence-corrected chi connectivity index (χ1v) is 10.3. The van der Waals surface area contributed by atoms with Crippen LogP contribution in [0.1, 0.15) is 11.3 Å². The van der Waals surface area contributed by atoms with Crippen LogP contribution >= 0.6 is 11.8 Å². The number of nitrogens with one attached hydrogen (secondary N) is 1. The van der Waals surface area contributed by atoms with Crippen molar-refractivity contribution in [2.75, 3.05) is 22.5 Å². The van der Waals surface area contributed by atoms with Crippen LogP contribution in [0.4, 0.5) is 24.5 Å². The fourth-order valence-corrected chi connectivity index (χ4v) is 4.38. The number of aryl methyl sites for hydroxylation is 1. The van der Waals surface area contributed by atoms with Gasteiger partial charge in [0, 0.05) is 5.69 Å². The van der Waals surface area contributed by atoms with E-state index in [-0.39, 0.29) is 23.9 Å². The molecule has 0 unspecified atom stereocenters. The highest BCUT2D eigenvalue weighted by Crippen LogP contribution is 2.39. The highest BCUT2D eigenvalue weighted by Gasteiger charge is 2.33. The fourth-order valence-electron chi connectivity index (χ4n) is 3.30. The maximum Gasteiger partial charge on any atom is 0.416 e. The number of hydrogen-bond donors (Lipinski definition) is 1. The molecule has 0 aliphatic carbocycles. The minimum absolute atomic E-state index is 0.00980. The molecule has 4 rings (SSSR count). The fraction of sp³-hybridized carbons (Fsp3) is 0.190. The minimum atomic E-state index is -4.52. The van der Waals surface area contributed by atoms with Crippen molar-refractivity contribution in [3.63, 3.8) is 0 Å². The Morgan fingerprint density at radius 2 is 1.90 bits per heavy atom. The Bertz CT molecular complexity index is 1150. The monoisotopic (exact) mass is 446 g/mol. The van der Waals surface area contributed by atoms with E-state index in [0.717, 1.165) is 22.8 Å². The number of carbonyl (C=O) groups is 2. The third kappa shape index (κ3) is 4.29. The van der Waals surface area contributed by atoms with Crippen LogP contribution in [0.2, 0.25) is 0 Å². The van der Waals surface area contributed by atoms with Crippen LogP contribution in [-0.4, -0.2) is 33.9 Å². The van der Waals surface area contributed by atoms with Gasteiger partial charge in [-0.2, -0.15) is 18.3 Å². The predicted molar refractivity (Wildman–Crippen MR) is 111 cm³/mol. The number of alkyl halides is 3. The molecule has 0 spiro atoms. The second-order valence-corrected chi connectivity index (χ2v) is 7.85. The third-order valence-electron chi connectivity index (χ3n) is 4.67. The summed E-state index contributed by atoms with van der Waals surface area (Å²) in [6, 6.07) is 13.8. The van der Waals surface area contributed by atoms with Crippen molar-refractivity contribution in [1.82, 2.24) is 9.78 Å². The van der Waals surface area contributed by atoms with Gasteiger partial charge in [-0.25, -0.2) is 4.68 Å². The third-order valence-corrected chi connectivity index (χ3v) is 5.70. The molecule has 0 atom stereocenters. The lowest BCUT2D eigenvalue weighted by atomic mass is 10.2. The van der Waals surface area contributed by atoms with Gasteiger partial charge < -0.3 is 5.32 Å². The van der Waals surface area contributed by atoms with Crippen LogP contribution in [0.3, 0.4) is 0 Å². The summed E-state index contributed by atoms with van der Waals surface area (Å²) < 4.78 is 40.4. The van der Waals surface area contributed by atoms with E-state index in [1.807, 2.05) is 30.3 Å². The number of carbonyl (C=O) groups excluding carboxylic acids is 2. The van der Waals surface area contributed by atoms with E-state index in [1.165, 1.54) is 28.8 Å². The lowest BCUT2D eigenvalue weighted by Gasteiger charge is -2.27. The van der Waals surface area contributed by atoms with Gasteiger partial charge in [0.05, 0.1) is 28.4 Å². The summed E-state index contributed by atoms with van der Waals surface area (Å²) in [5, 5.41) is 7.70. The molecule has 2 aromatic carbocycles. The molecule has 6 nitrogen and oxygen atoms in total. The lowest BCUT2D eigenvalue weighted by molar-refractivity contribution is -0.137. The van der Waals surface area contributed by atoms with E-state index in [9.17, 15) is 22.8 Å². The maximum absolute atomic E-state index is 12.9. The molecule has 0 bridgehead atoms. The van der Waals surface area contributed by atoms with Gasteiger partial charge in [0.15, 0.2) is 0 Å². The topological polar surface area (TPSA) is 67.2 Å². The standard InChI is InChI=1S/C21H17F3N4O2S/c1-13-19-20(28(26-13)16-8-3-2-4-9-16)31-12-18(30)27(19)11-17(29)25-15-7-5-6-14(10-15)21(22,23)24/h2-10H,11-12H2,1H3,(H,25,29). The van der Waals surface area contributed by atoms with Crippen molar-refractivity contribution in [2.45, 2.75) is 18.1 Å². The molecule has 3 aromatic rings. The van der Waals surface area contributed by atoms with Gasteiger partial charge in [-0.1, -0.05) is 36.0 Å². The molecule has 31 heavy (non-hydrogen) atoms. The number of thioether (sulfide) groups is 1. The summed E-state index contributed by atoms with van der Waals surface area (Å²) in [4.78, 5) is 26.5. The second kappa shape index (κ2) is 8.10. The number of fused-ring (bicyclic) bond motifs is 1. The number of benzene rings is 2. The average Bonchev–Trinajstić information content (AvgIpc) is 3.07. The highest BCUT2D eigenvalue weighted by molar-refractivity contribution is 8.00. The minimum Gasteiger partial charge on any atom is -0.325 e. The Balaban J connectivity index is 1.58. The molecule has 1 aliphatic rings. The number of anilines is 2. The normalized spacial score (nSPS) is 13.8. The molecule has 160 valence electrons. The predicted octanol–water partition coefficient (Wildman–Crippen LogP) is 4.28.